The lowest BCUT2D eigenvalue weighted by molar-refractivity contribution is -0.577. The Kier molecular flexibility index (Phi) is 4.80. The number of hydrogen-bond donors (Lipinski definition) is 0. The van der Waals surface area contributed by atoms with Crippen molar-refractivity contribution in [3.8, 4) is 0 Å². The van der Waals surface area contributed by atoms with E-state index in [1.807, 2.05) is 13.0 Å². The number of rotatable bonds is 4. The molecule has 2 bridgehead atoms. The summed E-state index contributed by atoms with van der Waals surface area (Å²) in [5, 5.41) is 0. The summed E-state index contributed by atoms with van der Waals surface area (Å²) >= 11 is 0. The molecule has 5 fully saturated rings. The Morgan fingerprint density at radius 1 is 1.04 bits per heavy atom. The number of ether oxygens (including phenoxy) is 3. The second kappa shape index (κ2) is 7.06. The van der Waals surface area contributed by atoms with Gasteiger partial charge < -0.3 is 14.2 Å². The smallest absolute Gasteiger partial charge is 0.201 e. The van der Waals surface area contributed by atoms with Gasteiger partial charge in [0.05, 0.1) is 6.61 Å². The number of fused-ring (bicyclic) bond motifs is 2. The standard InChI is InChI=1S/C23H32O5/c1-15-9-10-19-16(2)20(24-14-12-17-7-5-4-6-8-17)25-21-23(19)18(15)11-13-22(3,26-21)27-28-23/h4-8,15-16,18-21H,9-14H2,1-3H3/t15-,16-,18+,19+,20+,21+,22-,23-/m1/s1. The Bertz CT molecular complexity index is 695. The van der Waals surface area contributed by atoms with Crippen molar-refractivity contribution in [2.75, 3.05) is 6.61 Å². The van der Waals surface area contributed by atoms with Crippen LogP contribution in [-0.2, 0) is 30.4 Å². The Morgan fingerprint density at radius 3 is 2.68 bits per heavy atom. The second-order valence-electron chi connectivity index (χ2n) is 9.38. The van der Waals surface area contributed by atoms with Crippen LogP contribution in [0, 0.1) is 23.7 Å². The fourth-order valence-electron chi connectivity index (χ4n) is 6.00. The summed E-state index contributed by atoms with van der Waals surface area (Å²) in [5.41, 5.74) is 0.773. The van der Waals surface area contributed by atoms with Crippen LogP contribution in [0.3, 0.4) is 0 Å². The van der Waals surface area contributed by atoms with Gasteiger partial charge in [-0.25, -0.2) is 9.78 Å². The van der Waals surface area contributed by atoms with E-state index in [4.69, 9.17) is 24.0 Å². The van der Waals surface area contributed by atoms with Crippen molar-refractivity contribution in [2.24, 2.45) is 23.7 Å². The SMILES string of the molecule is C[C@H]1[C@@H](OCCc2ccccc2)O[C@H]2O[C@@]3(C)CC[C@H]4[C@H](C)CC[C@@H]1[C@@]24OO3. The van der Waals surface area contributed by atoms with Gasteiger partial charge >= 0.3 is 0 Å². The molecule has 4 aliphatic heterocycles. The van der Waals surface area contributed by atoms with Crippen LogP contribution in [-0.4, -0.2) is 30.6 Å². The molecule has 154 valence electrons. The predicted molar refractivity (Wildman–Crippen MR) is 103 cm³/mol. The summed E-state index contributed by atoms with van der Waals surface area (Å²) in [5.74, 6) is 0.798. The highest BCUT2D eigenvalue weighted by Crippen LogP contribution is 2.60. The molecule has 4 heterocycles. The van der Waals surface area contributed by atoms with Crippen molar-refractivity contribution in [3.63, 3.8) is 0 Å². The maximum absolute atomic E-state index is 6.45. The average Bonchev–Trinajstić information content (AvgIpc) is 2.92. The molecule has 5 nitrogen and oxygen atoms in total. The first-order chi connectivity index (χ1) is 13.5. The van der Waals surface area contributed by atoms with Crippen LogP contribution in [0.4, 0.5) is 0 Å². The van der Waals surface area contributed by atoms with E-state index >= 15 is 0 Å². The maximum Gasteiger partial charge on any atom is 0.201 e. The van der Waals surface area contributed by atoms with Crippen LogP contribution in [0.5, 0.6) is 0 Å². The maximum atomic E-state index is 6.45. The van der Waals surface area contributed by atoms with Gasteiger partial charge in [0.1, 0.15) is 0 Å². The molecule has 8 atom stereocenters. The van der Waals surface area contributed by atoms with Gasteiger partial charge in [-0.05, 0) is 50.0 Å². The Hall–Kier alpha value is -0.980. The molecule has 1 spiro atoms. The molecule has 6 rings (SSSR count). The van der Waals surface area contributed by atoms with E-state index in [0.717, 1.165) is 25.7 Å². The lowest BCUT2D eigenvalue weighted by atomic mass is 9.58. The molecule has 0 N–H and O–H groups in total. The first kappa shape index (κ1) is 19.0. The molecule has 1 aromatic carbocycles. The fourth-order valence-corrected chi connectivity index (χ4v) is 6.00. The van der Waals surface area contributed by atoms with E-state index in [0.29, 0.717) is 24.4 Å². The van der Waals surface area contributed by atoms with Crippen molar-refractivity contribution in [2.45, 2.75) is 76.8 Å². The van der Waals surface area contributed by atoms with Gasteiger partial charge in [-0.15, -0.1) is 0 Å². The van der Waals surface area contributed by atoms with Crippen LogP contribution >= 0.6 is 0 Å². The third-order valence-electron chi connectivity index (χ3n) is 7.61. The molecule has 28 heavy (non-hydrogen) atoms. The third-order valence-corrected chi connectivity index (χ3v) is 7.61. The lowest BCUT2D eigenvalue weighted by Gasteiger charge is -2.60. The lowest BCUT2D eigenvalue weighted by Crippen LogP contribution is -2.70. The quantitative estimate of drug-likeness (QED) is 0.713. The van der Waals surface area contributed by atoms with E-state index in [-0.39, 0.29) is 12.2 Å². The van der Waals surface area contributed by atoms with Crippen molar-refractivity contribution in [1.29, 1.82) is 0 Å². The first-order valence-corrected chi connectivity index (χ1v) is 10.9. The highest BCUT2D eigenvalue weighted by Gasteiger charge is 2.69. The summed E-state index contributed by atoms with van der Waals surface area (Å²) in [6.07, 6.45) is 4.39. The fraction of sp³-hybridized carbons (Fsp3) is 0.739. The molecule has 1 aliphatic carbocycles. The molecule has 0 radical (unpaired) electrons. The van der Waals surface area contributed by atoms with Crippen molar-refractivity contribution in [3.05, 3.63) is 35.9 Å². The largest absolute Gasteiger partial charge is 0.352 e. The van der Waals surface area contributed by atoms with Crippen molar-refractivity contribution in [1.82, 2.24) is 0 Å². The molecule has 5 aliphatic rings. The summed E-state index contributed by atoms with van der Waals surface area (Å²) in [4.78, 5) is 12.0. The minimum absolute atomic E-state index is 0.233. The highest BCUT2D eigenvalue weighted by molar-refractivity contribution is 5.14. The zero-order chi connectivity index (χ0) is 19.4. The van der Waals surface area contributed by atoms with Crippen LogP contribution in [0.15, 0.2) is 30.3 Å². The summed E-state index contributed by atoms with van der Waals surface area (Å²) < 4.78 is 19.1. The Balaban J connectivity index is 1.36. The van der Waals surface area contributed by atoms with Gasteiger partial charge in [-0.3, -0.25) is 0 Å². The van der Waals surface area contributed by atoms with Crippen molar-refractivity contribution < 1.29 is 24.0 Å². The minimum Gasteiger partial charge on any atom is -0.352 e. The van der Waals surface area contributed by atoms with Crippen LogP contribution < -0.4 is 0 Å². The molecular weight excluding hydrogens is 356 g/mol. The third kappa shape index (κ3) is 2.94. The molecule has 4 saturated heterocycles. The Morgan fingerprint density at radius 2 is 1.86 bits per heavy atom. The van der Waals surface area contributed by atoms with Gasteiger partial charge in [0.15, 0.2) is 18.2 Å². The predicted octanol–water partition coefficient (Wildman–Crippen LogP) is 4.45. The molecule has 0 unspecified atom stereocenters. The number of benzene rings is 1. The zero-order valence-electron chi connectivity index (χ0n) is 17.1. The minimum atomic E-state index is -0.729. The normalized spacial score (nSPS) is 47.4. The van der Waals surface area contributed by atoms with E-state index in [2.05, 4.69) is 38.1 Å². The highest BCUT2D eigenvalue weighted by atomic mass is 17.3. The molecule has 1 saturated carbocycles. The summed E-state index contributed by atoms with van der Waals surface area (Å²) in [7, 11) is 0. The second-order valence-corrected chi connectivity index (χ2v) is 9.38. The van der Waals surface area contributed by atoms with E-state index < -0.39 is 17.7 Å². The first-order valence-electron chi connectivity index (χ1n) is 10.9. The number of hydrogen-bond acceptors (Lipinski definition) is 5. The van der Waals surface area contributed by atoms with Crippen LogP contribution in [0.1, 0.15) is 52.0 Å². The van der Waals surface area contributed by atoms with Gasteiger partial charge in [0.2, 0.25) is 5.79 Å². The molecule has 5 heteroatoms. The van der Waals surface area contributed by atoms with Gasteiger partial charge in [-0.2, -0.15) is 0 Å². The van der Waals surface area contributed by atoms with Crippen LogP contribution in [0.2, 0.25) is 0 Å². The summed E-state index contributed by atoms with van der Waals surface area (Å²) in [6, 6.07) is 10.4. The van der Waals surface area contributed by atoms with Crippen LogP contribution in [0.25, 0.3) is 0 Å². The molecular formula is C23H32O5. The monoisotopic (exact) mass is 388 g/mol. The topological polar surface area (TPSA) is 46.2 Å². The van der Waals surface area contributed by atoms with E-state index in [9.17, 15) is 0 Å². The summed E-state index contributed by atoms with van der Waals surface area (Å²) in [6.45, 7) is 7.17. The Labute approximate surface area is 167 Å². The van der Waals surface area contributed by atoms with E-state index in [1.54, 1.807) is 0 Å². The molecule has 0 aromatic heterocycles. The molecule has 0 amide bonds. The zero-order valence-corrected chi connectivity index (χ0v) is 17.1. The molecule has 1 aromatic rings. The van der Waals surface area contributed by atoms with Gasteiger partial charge in [0, 0.05) is 18.3 Å². The van der Waals surface area contributed by atoms with Gasteiger partial charge in [0.25, 0.3) is 0 Å². The van der Waals surface area contributed by atoms with Gasteiger partial charge in [-0.1, -0.05) is 44.2 Å². The van der Waals surface area contributed by atoms with E-state index in [1.165, 1.54) is 12.0 Å². The average molecular weight is 389 g/mol. The van der Waals surface area contributed by atoms with Crippen molar-refractivity contribution >= 4 is 0 Å².